The number of nitrogens with one attached hydrogen (secondary N) is 3. The highest BCUT2D eigenvalue weighted by Gasteiger charge is 2.23. The van der Waals surface area contributed by atoms with Gasteiger partial charge in [0.25, 0.3) is 5.91 Å². The van der Waals surface area contributed by atoms with Crippen molar-refractivity contribution in [1.29, 1.82) is 0 Å². The van der Waals surface area contributed by atoms with Gasteiger partial charge in [-0.1, -0.05) is 25.0 Å². The third-order valence-electron chi connectivity index (χ3n) is 6.06. The number of carbonyl (C=O) groups excluding carboxylic acids is 1. The van der Waals surface area contributed by atoms with Crippen LogP contribution in [0.3, 0.4) is 0 Å². The summed E-state index contributed by atoms with van der Waals surface area (Å²) in [6, 6.07) is 11.9. The molecular formula is C25H25FN6O2. The zero-order chi connectivity index (χ0) is 23.5. The second-order valence-electron chi connectivity index (χ2n) is 8.38. The van der Waals surface area contributed by atoms with Gasteiger partial charge in [-0.25, -0.2) is 19.3 Å². The van der Waals surface area contributed by atoms with E-state index in [0.717, 1.165) is 18.7 Å². The molecule has 174 valence electrons. The van der Waals surface area contributed by atoms with Gasteiger partial charge in [0.2, 0.25) is 0 Å². The lowest BCUT2D eigenvalue weighted by atomic mass is 10.1. The maximum atomic E-state index is 14.3. The summed E-state index contributed by atoms with van der Waals surface area (Å²) in [4.78, 5) is 29.2. The number of fused-ring (bicyclic) bond motifs is 1. The number of ether oxygens (including phenoxy) is 1. The summed E-state index contributed by atoms with van der Waals surface area (Å²) in [5, 5.41) is 6.00. The Morgan fingerprint density at radius 2 is 2.00 bits per heavy atom. The minimum Gasteiger partial charge on any atom is -0.495 e. The van der Waals surface area contributed by atoms with Crippen molar-refractivity contribution in [2.45, 2.75) is 38.1 Å². The van der Waals surface area contributed by atoms with Crippen LogP contribution >= 0.6 is 0 Å². The van der Waals surface area contributed by atoms with Gasteiger partial charge >= 0.3 is 0 Å². The fraction of sp³-hybridized carbons (Fsp3) is 0.280. The van der Waals surface area contributed by atoms with Crippen LogP contribution in [0.1, 0.15) is 53.5 Å². The van der Waals surface area contributed by atoms with E-state index < -0.39 is 5.82 Å². The number of methoxy groups -OCH3 is 1. The zero-order valence-corrected chi connectivity index (χ0v) is 18.8. The lowest BCUT2D eigenvalue weighted by Crippen LogP contribution is -2.24. The number of hydrogen-bond acceptors (Lipinski definition) is 6. The highest BCUT2D eigenvalue weighted by atomic mass is 19.1. The monoisotopic (exact) mass is 460 g/mol. The molecule has 1 saturated carbocycles. The number of anilines is 2. The molecular weight excluding hydrogens is 435 g/mol. The first-order valence-corrected chi connectivity index (χ1v) is 11.3. The van der Waals surface area contributed by atoms with Gasteiger partial charge in [-0.2, -0.15) is 0 Å². The molecule has 0 bridgehead atoms. The number of H-pyrrole nitrogens is 1. The molecule has 2 heterocycles. The van der Waals surface area contributed by atoms with Gasteiger partial charge in [0.1, 0.15) is 29.2 Å². The molecule has 1 aliphatic rings. The van der Waals surface area contributed by atoms with Crippen molar-refractivity contribution >= 4 is 28.4 Å². The first kappa shape index (κ1) is 21.8. The van der Waals surface area contributed by atoms with Crippen molar-refractivity contribution in [3.05, 3.63) is 71.7 Å². The van der Waals surface area contributed by atoms with E-state index >= 15 is 0 Å². The number of rotatable bonds is 7. The molecule has 0 spiro atoms. The van der Waals surface area contributed by atoms with Gasteiger partial charge in [-0.15, -0.1) is 0 Å². The van der Waals surface area contributed by atoms with Crippen molar-refractivity contribution in [2.24, 2.45) is 0 Å². The Kier molecular flexibility index (Phi) is 6.07. The average molecular weight is 461 g/mol. The maximum Gasteiger partial charge on any atom is 0.272 e. The van der Waals surface area contributed by atoms with E-state index in [0.29, 0.717) is 39.8 Å². The van der Waals surface area contributed by atoms with Crippen molar-refractivity contribution in [3.8, 4) is 5.75 Å². The predicted molar refractivity (Wildman–Crippen MR) is 127 cm³/mol. The van der Waals surface area contributed by atoms with E-state index in [-0.39, 0.29) is 18.1 Å². The molecule has 0 radical (unpaired) electrons. The number of benzene rings is 2. The molecule has 0 saturated heterocycles. The lowest BCUT2D eigenvalue weighted by Gasteiger charge is -2.12. The molecule has 1 amide bonds. The van der Waals surface area contributed by atoms with Gasteiger partial charge in [0, 0.05) is 18.2 Å². The van der Waals surface area contributed by atoms with E-state index in [4.69, 9.17) is 4.74 Å². The van der Waals surface area contributed by atoms with Crippen LogP contribution in [0.25, 0.3) is 11.2 Å². The molecule has 2 aromatic carbocycles. The number of carbonyl (C=O) groups is 1. The Bertz CT molecular complexity index is 1330. The van der Waals surface area contributed by atoms with Gasteiger partial charge in [-0.05, 0) is 48.7 Å². The van der Waals surface area contributed by atoms with Crippen LogP contribution in [0.15, 0.2) is 48.8 Å². The molecule has 0 aliphatic heterocycles. The minimum atomic E-state index is -0.414. The highest BCUT2D eigenvalue weighted by molar-refractivity contribution is 6.02. The number of para-hydroxylation sites is 2. The third kappa shape index (κ3) is 4.54. The summed E-state index contributed by atoms with van der Waals surface area (Å²) in [5.41, 5.74) is 3.10. The quantitative estimate of drug-likeness (QED) is 0.365. The molecule has 3 N–H and O–H groups in total. The first-order chi connectivity index (χ1) is 16.6. The molecule has 34 heavy (non-hydrogen) atoms. The van der Waals surface area contributed by atoms with Crippen molar-refractivity contribution in [1.82, 2.24) is 25.3 Å². The third-order valence-corrected chi connectivity index (χ3v) is 6.06. The summed E-state index contributed by atoms with van der Waals surface area (Å²) in [7, 11) is 1.58. The van der Waals surface area contributed by atoms with E-state index in [1.807, 2.05) is 24.3 Å². The van der Waals surface area contributed by atoms with E-state index in [1.165, 1.54) is 31.3 Å². The number of imidazole rings is 1. The van der Waals surface area contributed by atoms with E-state index in [1.54, 1.807) is 13.2 Å². The van der Waals surface area contributed by atoms with Gasteiger partial charge in [0.05, 0.1) is 12.8 Å². The molecule has 9 heteroatoms. The van der Waals surface area contributed by atoms with Crippen LogP contribution in [-0.4, -0.2) is 33.0 Å². The Morgan fingerprint density at radius 1 is 1.18 bits per heavy atom. The summed E-state index contributed by atoms with van der Waals surface area (Å²) < 4.78 is 19.6. The smallest absolute Gasteiger partial charge is 0.272 e. The summed E-state index contributed by atoms with van der Waals surface area (Å²) in [6.07, 6.45) is 5.87. The van der Waals surface area contributed by atoms with E-state index in [2.05, 4.69) is 30.6 Å². The molecule has 2 aromatic heterocycles. The molecule has 5 rings (SSSR count). The number of nitrogens with zero attached hydrogens (tertiary/aromatic N) is 3. The Morgan fingerprint density at radius 3 is 2.82 bits per heavy atom. The SMILES string of the molecule is COc1ccccc1Nc1cc(F)cc(CNC(=O)c2ncnc3nc(C4CCCC4)[nH]c23)c1. The topological polar surface area (TPSA) is 105 Å². The predicted octanol–water partition coefficient (Wildman–Crippen LogP) is 4.83. The second-order valence-corrected chi connectivity index (χ2v) is 8.38. The van der Waals surface area contributed by atoms with Crippen molar-refractivity contribution in [3.63, 3.8) is 0 Å². The van der Waals surface area contributed by atoms with Gasteiger partial charge in [-0.3, -0.25) is 4.79 Å². The fourth-order valence-corrected chi connectivity index (χ4v) is 4.41. The van der Waals surface area contributed by atoms with Gasteiger partial charge < -0.3 is 20.4 Å². The molecule has 0 atom stereocenters. The van der Waals surface area contributed by atoms with Crippen molar-refractivity contribution < 1.29 is 13.9 Å². The summed E-state index contributed by atoms with van der Waals surface area (Å²) in [6.45, 7) is 0.131. The number of amides is 1. The standard InChI is InChI=1S/C25H25FN6O2/c1-34-20-9-5-4-8-19(20)30-18-11-15(10-17(26)12-18)13-27-25(33)22-21-24(29-14-28-22)32-23(31-21)16-6-2-3-7-16/h4-5,8-12,14,16,30H,2-3,6-7,13H2,1H3,(H,27,33)(H,28,29,31,32). The normalized spacial score (nSPS) is 13.8. The number of aromatic amines is 1. The molecule has 1 aliphatic carbocycles. The largest absolute Gasteiger partial charge is 0.495 e. The Hall–Kier alpha value is -4.01. The number of halogens is 1. The van der Waals surface area contributed by atoms with Crippen molar-refractivity contribution in [2.75, 3.05) is 12.4 Å². The minimum absolute atomic E-state index is 0.131. The molecule has 1 fully saturated rings. The molecule has 4 aromatic rings. The van der Waals surface area contributed by atoms with Crippen LogP contribution < -0.4 is 15.4 Å². The zero-order valence-electron chi connectivity index (χ0n) is 18.8. The van der Waals surface area contributed by atoms with Crippen LogP contribution in [0.2, 0.25) is 0 Å². The maximum absolute atomic E-state index is 14.3. The first-order valence-electron chi connectivity index (χ1n) is 11.3. The van der Waals surface area contributed by atoms with Crippen LogP contribution in [-0.2, 0) is 6.54 Å². The Balaban J connectivity index is 1.32. The fourth-order valence-electron chi connectivity index (χ4n) is 4.41. The lowest BCUT2D eigenvalue weighted by molar-refractivity contribution is 0.0947. The molecule has 8 nitrogen and oxygen atoms in total. The summed E-state index contributed by atoms with van der Waals surface area (Å²) in [5.74, 6) is 1.08. The van der Waals surface area contributed by atoms with Gasteiger partial charge in [0.15, 0.2) is 11.3 Å². The van der Waals surface area contributed by atoms with E-state index in [9.17, 15) is 9.18 Å². The Labute approximate surface area is 196 Å². The summed E-state index contributed by atoms with van der Waals surface area (Å²) >= 11 is 0. The number of hydrogen-bond donors (Lipinski definition) is 3. The second kappa shape index (κ2) is 9.46. The van der Waals surface area contributed by atoms with Crippen LogP contribution in [0, 0.1) is 5.82 Å². The average Bonchev–Trinajstić information content (AvgIpc) is 3.52. The highest BCUT2D eigenvalue weighted by Crippen LogP contribution is 2.33. The number of aromatic nitrogens is 4. The van der Waals surface area contributed by atoms with Crippen LogP contribution in [0.4, 0.5) is 15.8 Å². The molecule has 0 unspecified atom stereocenters. The van der Waals surface area contributed by atoms with Crippen LogP contribution in [0.5, 0.6) is 5.75 Å².